The van der Waals surface area contributed by atoms with E-state index in [0.29, 0.717) is 19.3 Å². The Balaban J connectivity index is 1.97. The number of likely N-dealkylation sites (tertiary alicyclic amines) is 1. The Morgan fingerprint density at radius 1 is 1.43 bits per heavy atom. The van der Waals surface area contributed by atoms with Gasteiger partial charge in [-0.2, -0.15) is 8.78 Å². The minimum absolute atomic E-state index is 0.136. The van der Waals surface area contributed by atoms with Gasteiger partial charge in [0, 0.05) is 30.7 Å². The quantitative estimate of drug-likeness (QED) is 0.451. The molecule has 0 bridgehead atoms. The van der Waals surface area contributed by atoms with Gasteiger partial charge in [0.1, 0.15) is 4.88 Å². The standard InChI is InChI=1S/C22H27F2NO4S/c1-3-4-5-7-15(2)18(26)11-9-16-14-22(23,24)21(29)25(16)13-6-8-17-10-12-19(30-17)20(27)28/h9-12,15-16,18,26H,3,6-8,13-14H2,1-2H3,(H,27,28)/t15-,16+,18+/m1/s1. The second-order valence-corrected chi connectivity index (χ2v) is 8.58. The number of alkyl halides is 2. The molecule has 1 aromatic heterocycles. The van der Waals surface area contributed by atoms with Gasteiger partial charge in [-0.05, 0) is 30.9 Å². The van der Waals surface area contributed by atoms with Crippen LogP contribution in [0.4, 0.5) is 8.78 Å². The highest BCUT2D eigenvalue weighted by molar-refractivity contribution is 7.13. The molecular formula is C22H27F2NO4S. The van der Waals surface area contributed by atoms with Gasteiger partial charge in [0.2, 0.25) is 0 Å². The number of hydrogen-bond acceptors (Lipinski definition) is 4. The van der Waals surface area contributed by atoms with Crippen molar-refractivity contribution < 1.29 is 28.6 Å². The second-order valence-electron chi connectivity index (χ2n) is 7.41. The average Bonchev–Trinajstić information content (AvgIpc) is 3.24. The summed E-state index contributed by atoms with van der Waals surface area (Å²) in [7, 11) is 0. The van der Waals surface area contributed by atoms with E-state index >= 15 is 0 Å². The predicted molar refractivity (Wildman–Crippen MR) is 112 cm³/mol. The summed E-state index contributed by atoms with van der Waals surface area (Å²) in [4.78, 5) is 25.3. The molecule has 1 aliphatic heterocycles. The monoisotopic (exact) mass is 439 g/mol. The molecule has 0 aliphatic carbocycles. The fraction of sp³-hybridized carbons (Fsp3) is 0.545. The number of nitrogens with zero attached hydrogens (tertiary/aromatic N) is 1. The van der Waals surface area contributed by atoms with Gasteiger partial charge in [-0.1, -0.05) is 26.0 Å². The number of hydrogen-bond donors (Lipinski definition) is 2. The third kappa shape index (κ3) is 6.38. The van der Waals surface area contributed by atoms with Crippen molar-refractivity contribution in [3.8, 4) is 11.8 Å². The van der Waals surface area contributed by atoms with Crippen LogP contribution in [-0.4, -0.2) is 51.6 Å². The molecule has 1 fully saturated rings. The molecule has 1 saturated heterocycles. The Labute approximate surface area is 179 Å². The SMILES string of the molecule is CCC#CC[C@@H](C)[C@@H](O)C=C[C@H]1CC(F)(F)C(=O)N1CCCc1ccc(C(=O)O)s1. The van der Waals surface area contributed by atoms with Crippen molar-refractivity contribution in [2.45, 2.75) is 64.0 Å². The second kappa shape index (κ2) is 10.7. The van der Waals surface area contributed by atoms with Crippen molar-refractivity contribution in [1.29, 1.82) is 0 Å². The van der Waals surface area contributed by atoms with E-state index in [1.165, 1.54) is 18.2 Å². The van der Waals surface area contributed by atoms with Gasteiger partial charge in [-0.3, -0.25) is 4.79 Å². The predicted octanol–water partition coefficient (Wildman–Crippen LogP) is 3.97. The normalized spacial score (nSPS) is 20.2. The molecule has 30 heavy (non-hydrogen) atoms. The number of aromatic carboxylic acids is 1. The van der Waals surface area contributed by atoms with Crippen molar-refractivity contribution in [2.75, 3.05) is 6.54 Å². The fourth-order valence-corrected chi connectivity index (χ4v) is 4.11. The van der Waals surface area contributed by atoms with Crippen molar-refractivity contribution in [3.63, 3.8) is 0 Å². The Morgan fingerprint density at radius 3 is 2.80 bits per heavy atom. The molecule has 8 heteroatoms. The zero-order valence-electron chi connectivity index (χ0n) is 17.1. The number of aliphatic hydroxyl groups is 1. The summed E-state index contributed by atoms with van der Waals surface area (Å²) in [6, 6.07) is 2.43. The van der Waals surface area contributed by atoms with Crippen LogP contribution in [0.15, 0.2) is 24.3 Å². The van der Waals surface area contributed by atoms with Gasteiger partial charge in [-0.15, -0.1) is 23.2 Å². The zero-order valence-corrected chi connectivity index (χ0v) is 17.9. The minimum Gasteiger partial charge on any atom is -0.477 e. The number of amides is 1. The van der Waals surface area contributed by atoms with Gasteiger partial charge in [0.15, 0.2) is 0 Å². The smallest absolute Gasteiger partial charge is 0.345 e. The van der Waals surface area contributed by atoms with Crippen LogP contribution in [0.2, 0.25) is 0 Å². The number of aryl methyl sites for hydroxylation is 1. The number of aliphatic hydroxyl groups excluding tert-OH is 1. The summed E-state index contributed by atoms with van der Waals surface area (Å²) in [5, 5.41) is 19.2. The van der Waals surface area contributed by atoms with Crippen molar-refractivity contribution in [2.24, 2.45) is 5.92 Å². The molecular weight excluding hydrogens is 412 g/mol. The Kier molecular flexibility index (Phi) is 8.56. The topological polar surface area (TPSA) is 77.8 Å². The van der Waals surface area contributed by atoms with Gasteiger partial charge in [0.25, 0.3) is 5.91 Å². The van der Waals surface area contributed by atoms with Crippen LogP contribution >= 0.6 is 11.3 Å². The molecule has 2 rings (SSSR count). The lowest BCUT2D eigenvalue weighted by Crippen LogP contribution is -2.36. The molecule has 0 spiro atoms. The number of carboxylic acids is 1. The zero-order chi connectivity index (χ0) is 22.3. The van der Waals surface area contributed by atoms with Crippen molar-refractivity contribution in [1.82, 2.24) is 4.90 Å². The lowest BCUT2D eigenvalue weighted by atomic mass is 9.99. The molecule has 0 unspecified atom stereocenters. The molecule has 1 aliphatic rings. The summed E-state index contributed by atoms with van der Waals surface area (Å²) in [5.41, 5.74) is 0. The highest BCUT2D eigenvalue weighted by Crippen LogP contribution is 2.34. The van der Waals surface area contributed by atoms with Gasteiger partial charge < -0.3 is 15.1 Å². The number of carboxylic acid groups (broad SMARTS) is 1. The Hall–Kier alpha value is -2.24. The number of rotatable bonds is 9. The first kappa shape index (κ1) is 24.0. The van der Waals surface area contributed by atoms with Gasteiger partial charge in [0.05, 0.1) is 12.1 Å². The van der Waals surface area contributed by atoms with E-state index in [1.54, 1.807) is 6.07 Å². The largest absolute Gasteiger partial charge is 0.477 e. The first-order valence-electron chi connectivity index (χ1n) is 9.98. The molecule has 1 amide bonds. The van der Waals surface area contributed by atoms with E-state index in [2.05, 4.69) is 11.8 Å². The molecule has 5 nitrogen and oxygen atoms in total. The van der Waals surface area contributed by atoms with Crippen molar-refractivity contribution in [3.05, 3.63) is 34.0 Å². The summed E-state index contributed by atoms with van der Waals surface area (Å²) in [6.45, 7) is 3.90. The van der Waals surface area contributed by atoms with Crippen LogP contribution < -0.4 is 0 Å². The maximum absolute atomic E-state index is 14.0. The molecule has 0 aromatic carbocycles. The van der Waals surface area contributed by atoms with E-state index in [-0.39, 0.29) is 17.3 Å². The maximum atomic E-state index is 14.0. The molecule has 1 aromatic rings. The molecule has 2 N–H and O–H groups in total. The van der Waals surface area contributed by atoms with Gasteiger partial charge in [-0.25, -0.2) is 4.79 Å². The van der Waals surface area contributed by atoms with E-state index in [1.807, 2.05) is 13.8 Å². The van der Waals surface area contributed by atoms with E-state index in [9.17, 15) is 23.5 Å². The number of carbonyl (C=O) groups excluding carboxylic acids is 1. The van der Waals surface area contributed by atoms with Crippen molar-refractivity contribution >= 4 is 23.2 Å². The summed E-state index contributed by atoms with van der Waals surface area (Å²) in [5.74, 6) is 0.123. The van der Waals surface area contributed by atoms with Crippen LogP contribution in [-0.2, 0) is 11.2 Å². The number of halogens is 2. The van der Waals surface area contributed by atoms with Gasteiger partial charge >= 0.3 is 11.9 Å². The molecule has 2 heterocycles. The van der Waals surface area contributed by atoms with E-state index in [4.69, 9.17) is 5.11 Å². The van der Waals surface area contributed by atoms with Crippen LogP contribution in [0.3, 0.4) is 0 Å². The third-order valence-corrected chi connectivity index (χ3v) is 6.11. The highest BCUT2D eigenvalue weighted by atomic mass is 32.1. The molecule has 3 atom stereocenters. The minimum atomic E-state index is -3.42. The average molecular weight is 440 g/mol. The third-order valence-electron chi connectivity index (χ3n) is 4.97. The number of thiophene rings is 1. The molecule has 164 valence electrons. The summed E-state index contributed by atoms with van der Waals surface area (Å²) >= 11 is 1.14. The lowest BCUT2D eigenvalue weighted by Gasteiger charge is -2.22. The highest BCUT2D eigenvalue weighted by Gasteiger charge is 2.52. The number of carbonyl (C=O) groups is 2. The lowest BCUT2D eigenvalue weighted by molar-refractivity contribution is -0.148. The Bertz CT molecular complexity index is 840. The Morgan fingerprint density at radius 2 is 2.17 bits per heavy atom. The van der Waals surface area contributed by atoms with Crippen LogP contribution in [0, 0.1) is 17.8 Å². The van der Waals surface area contributed by atoms with Crippen LogP contribution in [0.1, 0.15) is 54.1 Å². The maximum Gasteiger partial charge on any atom is 0.345 e. The summed E-state index contributed by atoms with van der Waals surface area (Å²) in [6.07, 6.45) is 3.70. The molecule has 0 radical (unpaired) electrons. The van der Waals surface area contributed by atoms with E-state index in [0.717, 1.165) is 27.5 Å². The summed E-state index contributed by atoms with van der Waals surface area (Å²) < 4.78 is 28.0. The van der Waals surface area contributed by atoms with Crippen LogP contribution in [0.25, 0.3) is 0 Å². The first-order valence-corrected chi connectivity index (χ1v) is 10.8. The fourth-order valence-electron chi connectivity index (χ4n) is 3.22. The molecule has 0 saturated carbocycles. The first-order chi connectivity index (χ1) is 14.2. The van der Waals surface area contributed by atoms with E-state index < -0.39 is 36.4 Å². The van der Waals surface area contributed by atoms with Crippen LogP contribution in [0.5, 0.6) is 0 Å².